The summed E-state index contributed by atoms with van der Waals surface area (Å²) in [6, 6.07) is 24.9. The number of benzene rings is 3. The normalized spacial score (nSPS) is 14.0. The van der Waals surface area contributed by atoms with Crippen LogP contribution in [-0.2, 0) is 6.42 Å². The predicted molar refractivity (Wildman–Crippen MR) is 128 cm³/mol. The van der Waals surface area contributed by atoms with Gasteiger partial charge in [0, 0.05) is 42.5 Å². The molecule has 1 saturated heterocycles. The molecular weight excluding hydrogens is 422 g/mol. The molecule has 0 aromatic heterocycles. The number of urea groups is 1. The summed E-state index contributed by atoms with van der Waals surface area (Å²) in [4.78, 5) is 29.4. The lowest BCUT2D eigenvalue weighted by Crippen LogP contribution is -2.39. The maximum absolute atomic E-state index is 13.0. The smallest absolute Gasteiger partial charge is 0.321 e. The van der Waals surface area contributed by atoms with Crippen molar-refractivity contribution < 1.29 is 9.59 Å². The van der Waals surface area contributed by atoms with Gasteiger partial charge < -0.3 is 15.1 Å². The number of carbonyl (C=O) groups is 2. The van der Waals surface area contributed by atoms with E-state index in [1.54, 1.807) is 34.1 Å². The van der Waals surface area contributed by atoms with Gasteiger partial charge in [-0.3, -0.25) is 4.79 Å². The Morgan fingerprint density at radius 1 is 0.781 bits per heavy atom. The zero-order valence-corrected chi connectivity index (χ0v) is 18.6. The molecule has 0 atom stereocenters. The Kier molecular flexibility index (Phi) is 7.07. The van der Waals surface area contributed by atoms with Crippen LogP contribution in [0.5, 0.6) is 0 Å². The van der Waals surface area contributed by atoms with Gasteiger partial charge in [-0.05, 0) is 54.3 Å². The largest absolute Gasteiger partial charge is 0.337 e. The first-order valence-electron chi connectivity index (χ1n) is 10.8. The lowest BCUT2D eigenvalue weighted by Gasteiger charge is -2.23. The van der Waals surface area contributed by atoms with E-state index in [-0.39, 0.29) is 11.9 Å². The number of amides is 3. The third-order valence-electron chi connectivity index (χ3n) is 5.66. The van der Waals surface area contributed by atoms with E-state index < -0.39 is 0 Å². The molecule has 0 radical (unpaired) electrons. The third kappa shape index (κ3) is 5.48. The van der Waals surface area contributed by atoms with Crippen molar-refractivity contribution in [2.75, 3.05) is 31.5 Å². The summed E-state index contributed by atoms with van der Waals surface area (Å²) in [5.74, 6) is -0.0304. The fraction of sp³-hybridized carbons (Fsp3) is 0.231. The molecule has 3 aromatic rings. The number of carbonyl (C=O) groups excluding carboxylic acids is 2. The minimum Gasteiger partial charge on any atom is -0.337 e. The van der Waals surface area contributed by atoms with Crippen molar-refractivity contribution in [2.24, 2.45) is 0 Å². The molecule has 0 aliphatic carbocycles. The number of nitrogens with one attached hydrogen (secondary N) is 1. The molecule has 3 aromatic carbocycles. The summed E-state index contributed by atoms with van der Waals surface area (Å²) >= 11 is 5.93. The summed E-state index contributed by atoms with van der Waals surface area (Å²) in [5.41, 5.74) is 3.70. The van der Waals surface area contributed by atoms with E-state index in [2.05, 4.69) is 17.4 Å². The highest BCUT2D eigenvalue weighted by atomic mass is 35.5. The molecule has 0 saturated carbocycles. The molecule has 1 aliphatic heterocycles. The van der Waals surface area contributed by atoms with Crippen molar-refractivity contribution in [1.82, 2.24) is 9.80 Å². The van der Waals surface area contributed by atoms with Crippen LogP contribution in [0.1, 0.15) is 27.9 Å². The zero-order valence-electron chi connectivity index (χ0n) is 17.8. The fourth-order valence-corrected chi connectivity index (χ4v) is 4.03. The van der Waals surface area contributed by atoms with Gasteiger partial charge in [-0.15, -0.1) is 0 Å². The Labute approximate surface area is 193 Å². The van der Waals surface area contributed by atoms with Crippen LogP contribution in [-0.4, -0.2) is 47.9 Å². The van der Waals surface area contributed by atoms with Gasteiger partial charge in [0.05, 0.1) is 0 Å². The van der Waals surface area contributed by atoms with Crippen molar-refractivity contribution in [2.45, 2.75) is 12.8 Å². The van der Waals surface area contributed by atoms with Crippen LogP contribution in [0.25, 0.3) is 0 Å². The number of para-hydroxylation sites is 1. The van der Waals surface area contributed by atoms with E-state index in [0.29, 0.717) is 36.8 Å². The lowest BCUT2D eigenvalue weighted by atomic mass is 10.0. The average molecular weight is 448 g/mol. The predicted octanol–water partition coefficient (Wildman–Crippen LogP) is 5.31. The van der Waals surface area contributed by atoms with Crippen molar-refractivity contribution in [3.8, 4) is 0 Å². The van der Waals surface area contributed by atoms with Crippen LogP contribution in [0.3, 0.4) is 0 Å². The molecule has 1 aliphatic rings. The number of anilines is 1. The van der Waals surface area contributed by atoms with Gasteiger partial charge in [-0.2, -0.15) is 0 Å². The maximum atomic E-state index is 13.0. The summed E-state index contributed by atoms with van der Waals surface area (Å²) < 4.78 is 0. The van der Waals surface area contributed by atoms with Crippen LogP contribution < -0.4 is 5.32 Å². The van der Waals surface area contributed by atoms with Gasteiger partial charge in [0.15, 0.2) is 0 Å². The van der Waals surface area contributed by atoms with Crippen LogP contribution >= 0.6 is 11.6 Å². The van der Waals surface area contributed by atoms with E-state index in [9.17, 15) is 9.59 Å². The molecule has 0 bridgehead atoms. The highest BCUT2D eigenvalue weighted by molar-refractivity contribution is 6.30. The molecule has 4 rings (SSSR count). The molecule has 1 heterocycles. The molecule has 0 unspecified atom stereocenters. The highest BCUT2D eigenvalue weighted by Gasteiger charge is 2.23. The van der Waals surface area contributed by atoms with Crippen LogP contribution in [0.2, 0.25) is 5.02 Å². The van der Waals surface area contributed by atoms with Gasteiger partial charge in [0.25, 0.3) is 5.91 Å². The van der Waals surface area contributed by atoms with E-state index in [0.717, 1.165) is 24.1 Å². The summed E-state index contributed by atoms with van der Waals surface area (Å²) in [6.45, 7) is 2.22. The van der Waals surface area contributed by atoms with Gasteiger partial charge in [-0.1, -0.05) is 60.1 Å². The lowest BCUT2D eigenvalue weighted by molar-refractivity contribution is 0.0762. The van der Waals surface area contributed by atoms with E-state index in [1.807, 2.05) is 42.5 Å². The molecule has 32 heavy (non-hydrogen) atoms. The number of hydrogen-bond acceptors (Lipinski definition) is 2. The number of nitrogens with zero attached hydrogens (tertiary/aromatic N) is 2. The number of halogens is 1. The molecule has 6 heteroatoms. The monoisotopic (exact) mass is 447 g/mol. The maximum Gasteiger partial charge on any atom is 0.321 e. The molecule has 5 nitrogen and oxygen atoms in total. The molecule has 1 N–H and O–H groups in total. The van der Waals surface area contributed by atoms with Gasteiger partial charge in [0.2, 0.25) is 0 Å². The summed E-state index contributed by atoms with van der Waals surface area (Å²) in [5, 5.41) is 3.68. The number of rotatable bonds is 4. The van der Waals surface area contributed by atoms with Crippen LogP contribution in [0.15, 0.2) is 78.9 Å². The van der Waals surface area contributed by atoms with Crippen LogP contribution in [0.4, 0.5) is 10.5 Å². The second-order valence-electron chi connectivity index (χ2n) is 7.89. The quantitative estimate of drug-likeness (QED) is 0.589. The summed E-state index contributed by atoms with van der Waals surface area (Å²) in [7, 11) is 0. The van der Waals surface area contributed by atoms with E-state index >= 15 is 0 Å². The average Bonchev–Trinajstić information content (AvgIpc) is 3.08. The Morgan fingerprint density at radius 3 is 2.22 bits per heavy atom. The van der Waals surface area contributed by atoms with Gasteiger partial charge >= 0.3 is 6.03 Å². The first-order chi connectivity index (χ1) is 15.6. The topological polar surface area (TPSA) is 52.7 Å². The van der Waals surface area contributed by atoms with Gasteiger partial charge in [0.1, 0.15) is 0 Å². The van der Waals surface area contributed by atoms with E-state index in [4.69, 9.17) is 11.6 Å². The summed E-state index contributed by atoms with van der Waals surface area (Å²) in [6.07, 6.45) is 1.49. The Hall–Kier alpha value is -3.31. The second-order valence-corrected chi connectivity index (χ2v) is 8.33. The number of hydrogen-bond donors (Lipinski definition) is 1. The first-order valence-corrected chi connectivity index (χ1v) is 11.2. The van der Waals surface area contributed by atoms with Crippen molar-refractivity contribution in [3.63, 3.8) is 0 Å². The highest BCUT2D eigenvalue weighted by Crippen LogP contribution is 2.20. The van der Waals surface area contributed by atoms with Gasteiger partial charge in [-0.25, -0.2) is 4.79 Å². The molecule has 3 amide bonds. The minimum atomic E-state index is -0.133. The molecular formula is C26H26ClN3O2. The second kappa shape index (κ2) is 10.3. The third-order valence-corrected chi connectivity index (χ3v) is 5.91. The Balaban J connectivity index is 1.38. The zero-order chi connectivity index (χ0) is 22.3. The SMILES string of the molecule is O=C(Nc1ccccc1Cc1ccccc1)N1CCCN(C(=O)c2ccc(Cl)cc2)CC1. The van der Waals surface area contributed by atoms with E-state index in [1.165, 1.54) is 5.56 Å². The van der Waals surface area contributed by atoms with Crippen molar-refractivity contribution in [3.05, 3.63) is 101 Å². The Bertz CT molecular complexity index is 1070. The molecule has 164 valence electrons. The standard InChI is InChI=1S/C26H26ClN3O2/c27-23-13-11-21(12-14-23)25(31)29-15-6-16-30(18-17-29)26(32)28-24-10-5-4-9-22(24)19-20-7-2-1-3-8-20/h1-5,7-14H,6,15-19H2,(H,28,32). The molecule has 0 spiro atoms. The first kappa shape index (κ1) is 21.9. The Morgan fingerprint density at radius 2 is 1.44 bits per heavy atom. The van der Waals surface area contributed by atoms with Crippen molar-refractivity contribution >= 4 is 29.2 Å². The molecule has 1 fully saturated rings. The minimum absolute atomic E-state index is 0.0304. The van der Waals surface area contributed by atoms with Crippen molar-refractivity contribution in [1.29, 1.82) is 0 Å². The van der Waals surface area contributed by atoms with Crippen LogP contribution in [0, 0.1) is 0 Å². The fourth-order valence-electron chi connectivity index (χ4n) is 3.91.